The van der Waals surface area contributed by atoms with Crippen molar-refractivity contribution in [2.75, 3.05) is 0 Å². The fraction of sp³-hybridized carbons (Fsp3) is 0.0769. The molecular formula is C13H9FN8. The Morgan fingerprint density at radius 1 is 1.09 bits per heavy atom. The Labute approximate surface area is 123 Å². The van der Waals surface area contributed by atoms with Gasteiger partial charge in [0.15, 0.2) is 5.82 Å². The number of hydrogen-bond acceptors (Lipinski definition) is 6. The molecule has 4 aromatic rings. The maximum absolute atomic E-state index is 13.4. The van der Waals surface area contributed by atoms with E-state index in [9.17, 15) is 4.39 Å². The average Bonchev–Trinajstić information content (AvgIpc) is 3.13. The zero-order chi connectivity index (χ0) is 15.1. The summed E-state index contributed by atoms with van der Waals surface area (Å²) in [4.78, 5) is 14.2. The summed E-state index contributed by atoms with van der Waals surface area (Å²) in [6.45, 7) is 0. The first-order chi connectivity index (χ1) is 10.7. The van der Waals surface area contributed by atoms with Crippen molar-refractivity contribution in [1.82, 2.24) is 39.6 Å². The summed E-state index contributed by atoms with van der Waals surface area (Å²) in [6, 6.07) is 4.63. The van der Waals surface area contributed by atoms with Gasteiger partial charge in [0.2, 0.25) is 5.82 Å². The topological polar surface area (TPSA) is 86.7 Å². The monoisotopic (exact) mass is 296 g/mol. The maximum atomic E-state index is 13.4. The van der Waals surface area contributed by atoms with Crippen molar-refractivity contribution in [2.45, 2.75) is 0 Å². The Bertz CT molecular complexity index is 973. The van der Waals surface area contributed by atoms with Gasteiger partial charge in [-0.25, -0.2) is 19.3 Å². The van der Waals surface area contributed by atoms with Crippen LogP contribution in [0.2, 0.25) is 0 Å². The summed E-state index contributed by atoms with van der Waals surface area (Å²) < 4.78 is 15.0. The van der Waals surface area contributed by atoms with E-state index in [4.69, 9.17) is 0 Å². The van der Waals surface area contributed by atoms with Crippen LogP contribution in [0.1, 0.15) is 0 Å². The molecule has 108 valence electrons. The van der Waals surface area contributed by atoms with E-state index >= 15 is 0 Å². The first kappa shape index (κ1) is 12.5. The highest BCUT2D eigenvalue weighted by Crippen LogP contribution is 2.19. The SMILES string of the molecule is Cn1nnc(-c2ccnc(-c3cnc4ccc(F)cn34)n2)n1. The largest absolute Gasteiger partial charge is 0.294 e. The van der Waals surface area contributed by atoms with E-state index in [2.05, 4.69) is 30.4 Å². The van der Waals surface area contributed by atoms with Gasteiger partial charge in [-0.1, -0.05) is 0 Å². The second-order valence-electron chi connectivity index (χ2n) is 4.59. The lowest BCUT2D eigenvalue weighted by atomic mass is 10.3. The van der Waals surface area contributed by atoms with Gasteiger partial charge in [-0.3, -0.25) is 4.40 Å². The van der Waals surface area contributed by atoms with Gasteiger partial charge in [0.1, 0.15) is 22.9 Å². The second kappa shape index (κ2) is 4.65. The van der Waals surface area contributed by atoms with Crippen LogP contribution in [0.5, 0.6) is 0 Å². The van der Waals surface area contributed by atoms with Gasteiger partial charge in [0.25, 0.3) is 0 Å². The van der Waals surface area contributed by atoms with Crippen molar-refractivity contribution in [3.63, 3.8) is 0 Å². The zero-order valence-corrected chi connectivity index (χ0v) is 11.4. The molecule has 0 saturated heterocycles. The van der Waals surface area contributed by atoms with Crippen molar-refractivity contribution in [3.05, 3.63) is 42.6 Å². The van der Waals surface area contributed by atoms with Gasteiger partial charge in [0.05, 0.1) is 13.2 Å². The molecule has 0 atom stereocenters. The van der Waals surface area contributed by atoms with E-state index in [0.717, 1.165) is 0 Å². The summed E-state index contributed by atoms with van der Waals surface area (Å²) >= 11 is 0. The highest BCUT2D eigenvalue weighted by atomic mass is 19.1. The van der Waals surface area contributed by atoms with Crippen LogP contribution in [-0.2, 0) is 7.05 Å². The number of aryl methyl sites for hydroxylation is 1. The number of hydrogen-bond donors (Lipinski definition) is 0. The van der Waals surface area contributed by atoms with Gasteiger partial charge >= 0.3 is 0 Å². The second-order valence-corrected chi connectivity index (χ2v) is 4.59. The van der Waals surface area contributed by atoms with Crippen LogP contribution in [-0.4, -0.2) is 39.6 Å². The van der Waals surface area contributed by atoms with Crippen molar-refractivity contribution in [2.24, 2.45) is 7.05 Å². The Kier molecular flexibility index (Phi) is 2.65. The lowest BCUT2D eigenvalue weighted by Gasteiger charge is -2.01. The molecule has 0 unspecified atom stereocenters. The lowest BCUT2D eigenvalue weighted by Crippen LogP contribution is -1.97. The van der Waals surface area contributed by atoms with Crippen LogP contribution in [0.4, 0.5) is 4.39 Å². The summed E-state index contributed by atoms with van der Waals surface area (Å²) in [5.74, 6) is 0.438. The molecule has 0 amide bonds. The molecule has 0 aliphatic rings. The van der Waals surface area contributed by atoms with Crippen LogP contribution in [0.25, 0.3) is 28.7 Å². The first-order valence-electron chi connectivity index (χ1n) is 6.41. The number of nitrogens with zero attached hydrogens (tertiary/aromatic N) is 8. The third kappa shape index (κ3) is 1.99. The number of rotatable bonds is 2. The van der Waals surface area contributed by atoms with Crippen molar-refractivity contribution in [3.8, 4) is 23.0 Å². The van der Waals surface area contributed by atoms with E-state index in [-0.39, 0.29) is 5.82 Å². The minimum atomic E-state index is -0.363. The summed E-state index contributed by atoms with van der Waals surface area (Å²) in [5.41, 5.74) is 1.73. The van der Waals surface area contributed by atoms with Crippen LogP contribution in [0.15, 0.2) is 36.8 Å². The molecule has 22 heavy (non-hydrogen) atoms. The smallest absolute Gasteiger partial charge is 0.223 e. The third-order valence-electron chi connectivity index (χ3n) is 3.09. The molecule has 0 saturated carbocycles. The minimum Gasteiger partial charge on any atom is -0.294 e. The highest BCUT2D eigenvalue weighted by Gasteiger charge is 2.12. The molecule has 4 aromatic heterocycles. The predicted octanol–water partition coefficient (Wildman–Crippen LogP) is 1.12. The minimum absolute atomic E-state index is 0.363. The Morgan fingerprint density at radius 3 is 2.82 bits per heavy atom. The van der Waals surface area contributed by atoms with Crippen LogP contribution in [0.3, 0.4) is 0 Å². The molecule has 9 heteroatoms. The molecule has 8 nitrogen and oxygen atoms in total. The molecule has 0 N–H and O–H groups in total. The normalized spacial score (nSPS) is 11.2. The number of halogens is 1. The van der Waals surface area contributed by atoms with E-state index < -0.39 is 0 Å². The van der Waals surface area contributed by atoms with Crippen LogP contribution < -0.4 is 0 Å². The van der Waals surface area contributed by atoms with Gasteiger partial charge in [-0.2, -0.15) is 4.80 Å². The number of imidazole rings is 1. The van der Waals surface area contributed by atoms with Crippen LogP contribution in [0, 0.1) is 5.82 Å². The fourth-order valence-corrected chi connectivity index (χ4v) is 2.11. The molecule has 4 rings (SSSR count). The number of fused-ring (bicyclic) bond motifs is 1. The van der Waals surface area contributed by atoms with Crippen molar-refractivity contribution >= 4 is 5.65 Å². The molecular weight excluding hydrogens is 287 g/mol. The molecule has 0 bridgehead atoms. The zero-order valence-electron chi connectivity index (χ0n) is 11.4. The number of tetrazole rings is 1. The van der Waals surface area contributed by atoms with E-state index in [1.807, 2.05) is 0 Å². The molecule has 0 radical (unpaired) electrons. The first-order valence-corrected chi connectivity index (χ1v) is 6.41. The van der Waals surface area contributed by atoms with E-state index in [1.54, 1.807) is 36.0 Å². The molecule has 0 aromatic carbocycles. The van der Waals surface area contributed by atoms with Gasteiger partial charge in [0, 0.05) is 12.4 Å². The average molecular weight is 296 g/mol. The summed E-state index contributed by atoms with van der Waals surface area (Å²) in [6.07, 6.45) is 4.53. The standard InChI is InChI=1S/C13H9FN8/c1-21-19-12(18-20-21)9-4-5-15-13(17-9)10-6-16-11-3-2-8(14)7-22(10)11/h2-7H,1H3. The molecule has 0 aliphatic carbocycles. The summed E-state index contributed by atoms with van der Waals surface area (Å²) in [5, 5.41) is 11.8. The molecule has 0 spiro atoms. The summed E-state index contributed by atoms with van der Waals surface area (Å²) in [7, 11) is 1.67. The molecule has 4 heterocycles. The Hall–Kier alpha value is -3.23. The maximum Gasteiger partial charge on any atom is 0.223 e. The van der Waals surface area contributed by atoms with Gasteiger partial charge in [-0.15, -0.1) is 10.2 Å². The number of aromatic nitrogens is 8. The fourth-order valence-electron chi connectivity index (χ4n) is 2.11. The van der Waals surface area contributed by atoms with E-state index in [0.29, 0.717) is 28.7 Å². The van der Waals surface area contributed by atoms with Crippen molar-refractivity contribution in [1.29, 1.82) is 0 Å². The lowest BCUT2D eigenvalue weighted by molar-refractivity contribution is 0.619. The molecule has 0 aliphatic heterocycles. The van der Waals surface area contributed by atoms with Gasteiger partial charge in [-0.05, 0) is 23.4 Å². The Morgan fingerprint density at radius 2 is 2.00 bits per heavy atom. The Balaban J connectivity index is 1.86. The molecule has 0 fully saturated rings. The van der Waals surface area contributed by atoms with Crippen LogP contribution >= 0.6 is 0 Å². The highest BCUT2D eigenvalue weighted by molar-refractivity contribution is 5.59. The number of pyridine rings is 1. The third-order valence-corrected chi connectivity index (χ3v) is 3.09. The van der Waals surface area contributed by atoms with E-state index in [1.165, 1.54) is 17.1 Å². The van der Waals surface area contributed by atoms with Crippen molar-refractivity contribution < 1.29 is 4.39 Å². The van der Waals surface area contributed by atoms with Gasteiger partial charge < -0.3 is 0 Å². The predicted molar refractivity (Wildman–Crippen MR) is 74.0 cm³/mol. The quantitative estimate of drug-likeness (QED) is 0.551.